The second-order valence-corrected chi connectivity index (χ2v) is 5.54. The molecule has 0 saturated heterocycles. The second kappa shape index (κ2) is 3.41. The number of nitrogen functional groups attached to an aromatic ring is 2. The minimum Gasteiger partial charge on any atom is -0.382 e. The highest BCUT2D eigenvalue weighted by molar-refractivity contribution is 7.92. The van der Waals surface area contributed by atoms with Crippen LogP contribution in [0.15, 0.2) is 11.1 Å². The topological polar surface area (TPSA) is 112 Å². The summed E-state index contributed by atoms with van der Waals surface area (Å²) in [6.07, 6.45) is 1.13. The van der Waals surface area contributed by atoms with Crippen LogP contribution in [0, 0.1) is 0 Å². The highest BCUT2D eigenvalue weighted by Crippen LogP contribution is 2.20. The van der Waals surface area contributed by atoms with Crippen molar-refractivity contribution >= 4 is 21.6 Å². The summed E-state index contributed by atoms with van der Waals surface area (Å²) in [5.41, 5.74) is 10.7. The summed E-state index contributed by atoms with van der Waals surface area (Å²) in [5.74, 6) is -0.142. The van der Waals surface area contributed by atoms with E-state index in [1.165, 1.54) is 0 Å². The van der Waals surface area contributed by atoms with E-state index in [9.17, 15) is 8.42 Å². The minimum absolute atomic E-state index is 0.0368. The smallest absolute Gasteiger partial charge is 0.221 e. The molecule has 14 heavy (non-hydrogen) atoms. The fourth-order valence-corrected chi connectivity index (χ4v) is 1.92. The Morgan fingerprint density at radius 1 is 1.36 bits per heavy atom. The van der Waals surface area contributed by atoms with Crippen LogP contribution >= 0.6 is 0 Å². The van der Waals surface area contributed by atoms with Crippen molar-refractivity contribution in [2.75, 3.05) is 11.5 Å². The van der Waals surface area contributed by atoms with Gasteiger partial charge < -0.3 is 11.5 Å². The molecule has 0 unspecified atom stereocenters. The van der Waals surface area contributed by atoms with E-state index >= 15 is 0 Å². The third-order valence-corrected chi connectivity index (χ3v) is 3.90. The van der Waals surface area contributed by atoms with E-state index in [-0.39, 0.29) is 16.7 Å². The first-order valence-corrected chi connectivity index (χ1v) is 5.52. The van der Waals surface area contributed by atoms with Crippen molar-refractivity contribution in [3.8, 4) is 0 Å². The summed E-state index contributed by atoms with van der Waals surface area (Å²) in [7, 11) is -3.43. The first-order valence-electron chi connectivity index (χ1n) is 3.97. The molecule has 0 atom stereocenters. The maximum Gasteiger partial charge on any atom is 0.221 e. The lowest BCUT2D eigenvalue weighted by atomic mass is 10.6. The number of nitrogens with two attached hydrogens (primary N) is 2. The van der Waals surface area contributed by atoms with Crippen LogP contribution in [0.3, 0.4) is 0 Å². The zero-order valence-corrected chi connectivity index (χ0v) is 8.75. The third kappa shape index (κ3) is 1.77. The largest absolute Gasteiger partial charge is 0.382 e. The molecule has 0 bridgehead atoms. The molecule has 6 nitrogen and oxygen atoms in total. The van der Waals surface area contributed by atoms with Crippen LogP contribution in [-0.2, 0) is 9.84 Å². The van der Waals surface area contributed by atoms with Gasteiger partial charge in [-0.3, -0.25) is 0 Å². The monoisotopic (exact) mass is 216 g/mol. The molecule has 0 aliphatic heterocycles. The fraction of sp³-hybridized carbons (Fsp3) is 0.429. The van der Waals surface area contributed by atoms with Crippen LogP contribution in [0.2, 0.25) is 0 Å². The zero-order valence-electron chi connectivity index (χ0n) is 7.93. The van der Waals surface area contributed by atoms with Gasteiger partial charge in [0.25, 0.3) is 0 Å². The number of rotatable bonds is 2. The number of hydrogen-bond donors (Lipinski definition) is 2. The molecule has 0 spiro atoms. The molecule has 0 amide bonds. The van der Waals surface area contributed by atoms with Crippen molar-refractivity contribution < 1.29 is 8.42 Å². The second-order valence-electron chi connectivity index (χ2n) is 3.07. The molecule has 0 saturated carbocycles. The molecule has 1 heterocycles. The number of aromatic nitrogens is 2. The molecule has 0 radical (unpaired) electrons. The van der Waals surface area contributed by atoms with E-state index in [4.69, 9.17) is 11.5 Å². The number of nitrogens with zero attached hydrogens (tertiary/aromatic N) is 2. The van der Waals surface area contributed by atoms with Crippen LogP contribution in [0.4, 0.5) is 11.8 Å². The SMILES string of the molecule is CC(C)S(=O)(=O)c1cnc(N)nc1N. The van der Waals surface area contributed by atoms with E-state index < -0.39 is 15.1 Å². The summed E-state index contributed by atoms with van der Waals surface area (Å²) >= 11 is 0. The van der Waals surface area contributed by atoms with Gasteiger partial charge in [0.05, 0.1) is 11.4 Å². The predicted molar refractivity (Wildman–Crippen MR) is 53.2 cm³/mol. The highest BCUT2D eigenvalue weighted by atomic mass is 32.2. The van der Waals surface area contributed by atoms with Gasteiger partial charge in [0.2, 0.25) is 5.95 Å². The summed E-state index contributed by atoms with van der Waals surface area (Å²) in [6, 6.07) is 0. The van der Waals surface area contributed by atoms with Crippen LogP contribution in [0.5, 0.6) is 0 Å². The van der Waals surface area contributed by atoms with Crippen molar-refractivity contribution in [1.82, 2.24) is 9.97 Å². The Morgan fingerprint density at radius 2 is 1.93 bits per heavy atom. The van der Waals surface area contributed by atoms with E-state index in [0.717, 1.165) is 6.20 Å². The van der Waals surface area contributed by atoms with Gasteiger partial charge in [-0.05, 0) is 13.8 Å². The average molecular weight is 216 g/mol. The minimum atomic E-state index is -3.43. The lowest BCUT2D eigenvalue weighted by molar-refractivity contribution is 0.587. The quantitative estimate of drug-likeness (QED) is 0.709. The van der Waals surface area contributed by atoms with Gasteiger partial charge in [-0.2, -0.15) is 4.98 Å². The molecule has 0 fully saturated rings. The van der Waals surface area contributed by atoms with E-state index in [2.05, 4.69) is 9.97 Å². The Bertz CT molecular complexity index is 441. The molecular formula is C7H12N4O2S. The van der Waals surface area contributed by atoms with Crippen LogP contribution in [0.25, 0.3) is 0 Å². The lowest BCUT2D eigenvalue weighted by Crippen LogP contribution is -2.17. The molecule has 0 aliphatic carbocycles. The average Bonchev–Trinajstić information content (AvgIpc) is 2.02. The van der Waals surface area contributed by atoms with Crippen LogP contribution in [-0.4, -0.2) is 23.6 Å². The summed E-state index contributed by atoms with van der Waals surface area (Å²) in [5, 5.41) is -0.558. The first-order chi connectivity index (χ1) is 6.35. The number of sulfone groups is 1. The Morgan fingerprint density at radius 3 is 2.36 bits per heavy atom. The Labute approximate surface area is 82.3 Å². The third-order valence-electron chi connectivity index (χ3n) is 1.73. The van der Waals surface area contributed by atoms with Crippen LogP contribution in [0.1, 0.15) is 13.8 Å². The summed E-state index contributed by atoms with van der Waals surface area (Å²) in [4.78, 5) is 7.12. The molecule has 1 aromatic heterocycles. The van der Waals surface area contributed by atoms with Crippen molar-refractivity contribution in [1.29, 1.82) is 0 Å². The standard InChI is InChI=1S/C7H12N4O2S/c1-4(2)14(12,13)5-3-10-7(9)11-6(5)8/h3-4H,1-2H3,(H4,8,9,10,11). The van der Waals surface area contributed by atoms with E-state index in [1.807, 2.05) is 0 Å². The normalized spacial score (nSPS) is 11.9. The maximum absolute atomic E-state index is 11.7. The van der Waals surface area contributed by atoms with Crippen LogP contribution < -0.4 is 11.5 Å². The number of anilines is 2. The molecule has 7 heteroatoms. The lowest BCUT2D eigenvalue weighted by Gasteiger charge is -2.08. The molecule has 4 N–H and O–H groups in total. The fourth-order valence-electron chi connectivity index (χ4n) is 0.871. The Hall–Kier alpha value is -1.37. The molecule has 1 aromatic rings. The van der Waals surface area contributed by atoms with Gasteiger partial charge in [-0.15, -0.1) is 0 Å². The Kier molecular flexibility index (Phi) is 2.61. The van der Waals surface area contributed by atoms with E-state index in [1.54, 1.807) is 13.8 Å². The van der Waals surface area contributed by atoms with E-state index in [0.29, 0.717) is 0 Å². The molecule has 1 rings (SSSR count). The van der Waals surface area contributed by atoms with Gasteiger partial charge in [0, 0.05) is 0 Å². The highest BCUT2D eigenvalue weighted by Gasteiger charge is 2.23. The maximum atomic E-state index is 11.7. The predicted octanol–water partition coefficient (Wildman–Crippen LogP) is -0.177. The van der Waals surface area contributed by atoms with Gasteiger partial charge in [-0.25, -0.2) is 13.4 Å². The van der Waals surface area contributed by atoms with Crippen molar-refractivity contribution in [3.63, 3.8) is 0 Å². The van der Waals surface area contributed by atoms with Crippen molar-refractivity contribution in [3.05, 3.63) is 6.20 Å². The molecule has 0 aliphatic rings. The Balaban J connectivity index is 3.35. The zero-order chi connectivity index (χ0) is 10.9. The molecular weight excluding hydrogens is 204 g/mol. The summed E-state index contributed by atoms with van der Waals surface area (Å²) in [6.45, 7) is 3.12. The molecule has 0 aromatic carbocycles. The van der Waals surface area contributed by atoms with Gasteiger partial charge in [0.1, 0.15) is 10.7 Å². The summed E-state index contributed by atoms with van der Waals surface area (Å²) < 4.78 is 23.3. The van der Waals surface area contributed by atoms with Gasteiger partial charge >= 0.3 is 0 Å². The van der Waals surface area contributed by atoms with Gasteiger partial charge in [-0.1, -0.05) is 0 Å². The van der Waals surface area contributed by atoms with Crippen molar-refractivity contribution in [2.24, 2.45) is 0 Å². The van der Waals surface area contributed by atoms with Crippen molar-refractivity contribution in [2.45, 2.75) is 24.0 Å². The molecule has 78 valence electrons. The van der Waals surface area contributed by atoms with Gasteiger partial charge in [0.15, 0.2) is 9.84 Å². The number of hydrogen-bond acceptors (Lipinski definition) is 6. The first kappa shape index (κ1) is 10.7.